The van der Waals surface area contributed by atoms with Gasteiger partial charge in [-0.25, -0.2) is 9.37 Å². The highest BCUT2D eigenvalue weighted by atomic mass is 35.5. The van der Waals surface area contributed by atoms with Gasteiger partial charge in [0, 0.05) is 24.6 Å². The Hall–Kier alpha value is -3.90. The first-order valence-corrected chi connectivity index (χ1v) is 12.1. The molecule has 3 rings (SSSR count). The predicted octanol–water partition coefficient (Wildman–Crippen LogP) is 5.10. The molecule has 0 fully saturated rings. The quantitative estimate of drug-likeness (QED) is 0.239. The zero-order valence-electron chi connectivity index (χ0n) is 21.6. The second-order valence-corrected chi connectivity index (χ2v) is 8.89. The normalized spacial score (nSPS) is 12.8. The van der Waals surface area contributed by atoms with Gasteiger partial charge in [0.15, 0.2) is 23.9 Å². The van der Waals surface area contributed by atoms with Crippen LogP contribution < -0.4 is 19.5 Å². The molecule has 3 aromatic rings. The number of Topliss-reactive ketones (excluding diaryl/α,β-unsaturated/α-hetero) is 1. The molecule has 0 spiro atoms. The Morgan fingerprint density at radius 3 is 2.27 bits per heavy atom. The summed E-state index contributed by atoms with van der Waals surface area (Å²) in [5.74, 6) is -1.60. The van der Waals surface area contributed by atoms with E-state index in [1.54, 1.807) is 0 Å². The number of alkyl halides is 3. The van der Waals surface area contributed by atoms with Crippen LogP contribution in [-0.2, 0) is 10.4 Å². The van der Waals surface area contributed by atoms with E-state index in [1.807, 2.05) is 0 Å². The van der Waals surface area contributed by atoms with Crippen molar-refractivity contribution in [2.75, 3.05) is 27.9 Å². The summed E-state index contributed by atoms with van der Waals surface area (Å²) in [6, 6.07) is 9.45. The van der Waals surface area contributed by atoms with E-state index in [0.717, 1.165) is 18.2 Å². The highest BCUT2D eigenvalue weighted by molar-refractivity contribution is 6.31. The van der Waals surface area contributed by atoms with Crippen LogP contribution in [0.1, 0.15) is 28.9 Å². The van der Waals surface area contributed by atoms with Gasteiger partial charge < -0.3 is 24.6 Å². The van der Waals surface area contributed by atoms with Crippen molar-refractivity contribution in [3.8, 4) is 28.5 Å². The molecule has 1 amide bonds. The van der Waals surface area contributed by atoms with Gasteiger partial charge in [-0.1, -0.05) is 11.6 Å². The molecule has 0 radical (unpaired) electrons. The first-order chi connectivity index (χ1) is 18.8. The summed E-state index contributed by atoms with van der Waals surface area (Å²) in [7, 11) is 3.98. The van der Waals surface area contributed by atoms with E-state index in [2.05, 4.69) is 10.3 Å². The molecule has 1 aromatic heterocycles. The van der Waals surface area contributed by atoms with E-state index >= 15 is 0 Å². The zero-order valence-corrected chi connectivity index (χ0v) is 22.3. The van der Waals surface area contributed by atoms with Gasteiger partial charge in [0.05, 0.1) is 24.9 Å². The molecule has 0 saturated heterocycles. The molecule has 0 aliphatic carbocycles. The number of methoxy groups -OCH3 is 2. The van der Waals surface area contributed by atoms with Crippen molar-refractivity contribution in [1.29, 1.82) is 0 Å². The van der Waals surface area contributed by atoms with Crippen molar-refractivity contribution in [3.05, 3.63) is 70.6 Å². The number of ketones is 1. The molecule has 13 heteroatoms. The maximum absolute atomic E-state index is 14.3. The second-order valence-electron chi connectivity index (χ2n) is 8.48. The molecule has 0 aliphatic heterocycles. The molecule has 1 unspecified atom stereocenters. The van der Waals surface area contributed by atoms with E-state index in [1.165, 1.54) is 51.6 Å². The third-order valence-electron chi connectivity index (χ3n) is 6.00. The van der Waals surface area contributed by atoms with Gasteiger partial charge >= 0.3 is 6.18 Å². The number of carbonyl (C=O) groups is 2. The van der Waals surface area contributed by atoms with Crippen LogP contribution in [0.15, 0.2) is 48.5 Å². The molecule has 2 aromatic carbocycles. The number of aromatic nitrogens is 1. The minimum Gasteiger partial charge on any atom is -0.494 e. The lowest BCUT2D eigenvalue weighted by atomic mass is 9.89. The number of hydrogen-bond donors (Lipinski definition) is 2. The number of aliphatic hydroxyl groups is 1. The van der Waals surface area contributed by atoms with E-state index < -0.39 is 47.8 Å². The smallest absolute Gasteiger partial charge is 0.422 e. The van der Waals surface area contributed by atoms with Crippen LogP contribution in [0.5, 0.6) is 17.2 Å². The number of ether oxygens (including phenoxy) is 3. The Labute approximate surface area is 231 Å². The molecule has 214 valence electrons. The number of nitrogens with zero attached hydrogens (tertiary/aromatic N) is 1. The van der Waals surface area contributed by atoms with E-state index in [0.29, 0.717) is 0 Å². The number of pyridine rings is 1. The number of carbonyl (C=O) groups excluding carboxylic acids is 2. The molecule has 0 aliphatic rings. The number of likely N-dealkylation sites (N-methyl/N-ethyl adjacent to an activating group) is 1. The summed E-state index contributed by atoms with van der Waals surface area (Å²) in [5, 5.41) is 13.0. The Morgan fingerprint density at radius 2 is 1.68 bits per heavy atom. The van der Waals surface area contributed by atoms with Crippen LogP contribution in [0.4, 0.5) is 17.6 Å². The minimum absolute atomic E-state index is 0.00185. The predicted molar refractivity (Wildman–Crippen MR) is 137 cm³/mol. The summed E-state index contributed by atoms with van der Waals surface area (Å²) in [4.78, 5) is 28.3. The van der Waals surface area contributed by atoms with Crippen molar-refractivity contribution < 1.29 is 46.5 Å². The summed E-state index contributed by atoms with van der Waals surface area (Å²) in [5.41, 5.74) is -4.28. The highest BCUT2D eigenvalue weighted by Crippen LogP contribution is 2.44. The first kappa shape index (κ1) is 30.6. The van der Waals surface area contributed by atoms with Crippen molar-refractivity contribution in [2.45, 2.75) is 24.6 Å². The van der Waals surface area contributed by atoms with Crippen LogP contribution in [0.2, 0.25) is 5.02 Å². The third-order valence-corrected chi connectivity index (χ3v) is 6.29. The Bertz CT molecular complexity index is 1400. The third kappa shape index (κ3) is 6.62. The Morgan fingerprint density at radius 1 is 1.00 bits per heavy atom. The van der Waals surface area contributed by atoms with Gasteiger partial charge in [-0.2, -0.15) is 13.2 Å². The fourth-order valence-corrected chi connectivity index (χ4v) is 3.90. The van der Waals surface area contributed by atoms with Crippen LogP contribution in [0.3, 0.4) is 0 Å². The lowest BCUT2D eigenvalue weighted by molar-refractivity contribution is -0.270. The average molecular weight is 585 g/mol. The largest absolute Gasteiger partial charge is 0.494 e. The van der Waals surface area contributed by atoms with Crippen LogP contribution in [0.25, 0.3) is 11.3 Å². The number of rotatable bonds is 11. The molecule has 0 saturated carbocycles. The molecule has 0 bridgehead atoms. The van der Waals surface area contributed by atoms with Crippen LogP contribution in [0, 0.1) is 5.82 Å². The molecule has 2 N–H and O–H groups in total. The summed E-state index contributed by atoms with van der Waals surface area (Å²) < 4.78 is 72.1. The van der Waals surface area contributed by atoms with Crippen LogP contribution in [-0.4, -0.2) is 55.8 Å². The summed E-state index contributed by atoms with van der Waals surface area (Å²) >= 11 is 5.83. The fraction of sp³-hybridized carbons (Fsp3) is 0.296. The topological polar surface area (TPSA) is 107 Å². The standard InChI is InChI=1S/C27H25ClF4N2O6/c1-33-24(36)14-40-20-7-5-15(13-22(20)39-3)19(35)10-11-26(37,27(30,31)32)23-9-8-21(38-2)25(34-23)16-4-6-18(29)17(28)12-16/h4-9,12-13,37H,10-11,14H2,1-3H3,(H,33,36). The van der Waals surface area contributed by atoms with Crippen molar-refractivity contribution >= 4 is 23.3 Å². The average Bonchev–Trinajstić information content (AvgIpc) is 2.94. The highest BCUT2D eigenvalue weighted by Gasteiger charge is 2.56. The van der Waals surface area contributed by atoms with Gasteiger partial charge in [0.25, 0.3) is 5.91 Å². The van der Waals surface area contributed by atoms with Gasteiger partial charge in [-0.05, 0) is 55.0 Å². The van der Waals surface area contributed by atoms with E-state index in [-0.39, 0.29) is 45.7 Å². The molecular formula is C27H25ClF4N2O6. The van der Waals surface area contributed by atoms with Gasteiger partial charge in [0.1, 0.15) is 17.3 Å². The number of amides is 1. The summed E-state index contributed by atoms with van der Waals surface area (Å²) in [6.07, 6.45) is -7.00. The van der Waals surface area contributed by atoms with E-state index in [4.69, 9.17) is 25.8 Å². The van der Waals surface area contributed by atoms with Crippen LogP contribution >= 0.6 is 11.6 Å². The molecule has 1 heterocycles. The maximum Gasteiger partial charge on any atom is 0.422 e. The second kappa shape index (κ2) is 12.5. The number of halogens is 5. The number of hydrogen-bond acceptors (Lipinski definition) is 7. The monoisotopic (exact) mass is 584 g/mol. The molecule has 1 atom stereocenters. The fourth-order valence-electron chi connectivity index (χ4n) is 3.72. The van der Waals surface area contributed by atoms with E-state index in [9.17, 15) is 32.3 Å². The van der Waals surface area contributed by atoms with Crippen molar-refractivity contribution in [2.24, 2.45) is 0 Å². The molecule has 40 heavy (non-hydrogen) atoms. The molecular weight excluding hydrogens is 560 g/mol. The Balaban J connectivity index is 1.91. The van der Waals surface area contributed by atoms with Gasteiger partial charge in [0.2, 0.25) is 5.60 Å². The lowest BCUT2D eigenvalue weighted by Crippen LogP contribution is -2.43. The molecule has 8 nitrogen and oxygen atoms in total. The summed E-state index contributed by atoms with van der Waals surface area (Å²) in [6.45, 7) is -0.320. The first-order valence-electron chi connectivity index (χ1n) is 11.7. The zero-order chi connectivity index (χ0) is 29.7. The minimum atomic E-state index is -5.22. The maximum atomic E-state index is 14.3. The van der Waals surface area contributed by atoms with Crippen molar-refractivity contribution in [1.82, 2.24) is 10.3 Å². The van der Waals surface area contributed by atoms with Gasteiger partial charge in [-0.15, -0.1) is 0 Å². The number of nitrogens with one attached hydrogen (secondary N) is 1. The SMILES string of the molecule is CNC(=O)COc1ccc(C(=O)CCC(O)(c2ccc(OC)c(-c3ccc(F)c(Cl)c3)n2)C(F)(F)F)cc1OC. The Kier molecular flexibility index (Phi) is 9.59. The number of benzene rings is 2. The van der Waals surface area contributed by atoms with Gasteiger partial charge in [-0.3, -0.25) is 9.59 Å². The van der Waals surface area contributed by atoms with Crippen molar-refractivity contribution in [3.63, 3.8) is 0 Å². The lowest BCUT2D eigenvalue weighted by Gasteiger charge is -2.30.